The molecule has 1 unspecified atom stereocenters. The number of hydrogen-bond donors (Lipinski definition) is 2. The van der Waals surface area contributed by atoms with Gasteiger partial charge >= 0.3 is 0 Å². The fourth-order valence-electron chi connectivity index (χ4n) is 2.66. The van der Waals surface area contributed by atoms with E-state index in [0.717, 1.165) is 40.4 Å². The number of benzene rings is 1. The Bertz CT molecular complexity index is 591. The van der Waals surface area contributed by atoms with Crippen molar-refractivity contribution in [1.29, 1.82) is 0 Å². The molecular formula is C15H18BrN3O. The highest BCUT2D eigenvalue weighted by molar-refractivity contribution is 9.10. The first-order chi connectivity index (χ1) is 9.78. The second kappa shape index (κ2) is 5.97. The number of rotatable bonds is 3. The number of imidazole rings is 1. The summed E-state index contributed by atoms with van der Waals surface area (Å²) in [6, 6.07) is 5.99. The molecule has 20 heavy (non-hydrogen) atoms. The van der Waals surface area contributed by atoms with Crippen LogP contribution in [0.15, 0.2) is 28.9 Å². The van der Waals surface area contributed by atoms with Crippen LogP contribution in [0.4, 0.5) is 0 Å². The second-order valence-electron chi connectivity index (χ2n) is 5.07. The molecule has 0 bridgehead atoms. The van der Waals surface area contributed by atoms with Crippen molar-refractivity contribution in [2.45, 2.75) is 18.8 Å². The SMILES string of the molecule is COc1ccc(Br)cc1-c1cnc(C2CCCNC2)[nH]1. The maximum Gasteiger partial charge on any atom is 0.128 e. The van der Waals surface area contributed by atoms with E-state index in [4.69, 9.17) is 4.74 Å². The predicted molar refractivity (Wildman–Crippen MR) is 83.1 cm³/mol. The normalized spacial score (nSPS) is 19.0. The molecule has 0 saturated carbocycles. The molecule has 0 amide bonds. The van der Waals surface area contributed by atoms with Crippen LogP contribution in [-0.4, -0.2) is 30.2 Å². The van der Waals surface area contributed by atoms with Crippen molar-refractivity contribution in [3.05, 3.63) is 34.7 Å². The maximum absolute atomic E-state index is 5.43. The number of halogens is 1. The Hall–Kier alpha value is -1.33. The largest absolute Gasteiger partial charge is 0.496 e. The van der Waals surface area contributed by atoms with Crippen molar-refractivity contribution < 1.29 is 4.74 Å². The molecule has 0 spiro atoms. The third kappa shape index (κ3) is 2.74. The molecule has 106 valence electrons. The van der Waals surface area contributed by atoms with E-state index in [-0.39, 0.29) is 0 Å². The summed E-state index contributed by atoms with van der Waals surface area (Å²) in [7, 11) is 1.69. The van der Waals surface area contributed by atoms with Crippen molar-refractivity contribution in [3.63, 3.8) is 0 Å². The number of ether oxygens (including phenoxy) is 1. The highest BCUT2D eigenvalue weighted by Gasteiger charge is 2.19. The van der Waals surface area contributed by atoms with Crippen LogP contribution in [0.5, 0.6) is 5.75 Å². The van der Waals surface area contributed by atoms with Gasteiger partial charge in [-0.25, -0.2) is 4.98 Å². The molecule has 0 radical (unpaired) electrons. The minimum Gasteiger partial charge on any atom is -0.496 e. The van der Waals surface area contributed by atoms with Gasteiger partial charge in [-0.2, -0.15) is 0 Å². The molecule has 1 saturated heterocycles. The van der Waals surface area contributed by atoms with Crippen LogP contribution < -0.4 is 10.1 Å². The van der Waals surface area contributed by atoms with Crippen molar-refractivity contribution in [3.8, 4) is 17.0 Å². The molecule has 1 fully saturated rings. The van der Waals surface area contributed by atoms with Gasteiger partial charge in [0.25, 0.3) is 0 Å². The average Bonchev–Trinajstić information content (AvgIpc) is 2.98. The maximum atomic E-state index is 5.43. The fourth-order valence-corrected chi connectivity index (χ4v) is 3.02. The predicted octanol–water partition coefficient (Wildman–Crippen LogP) is 3.31. The number of aromatic nitrogens is 2. The molecule has 2 heterocycles. The van der Waals surface area contributed by atoms with Gasteiger partial charge in [-0.15, -0.1) is 0 Å². The van der Waals surface area contributed by atoms with Gasteiger partial charge in [-0.3, -0.25) is 0 Å². The lowest BCUT2D eigenvalue weighted by molar-refractivity contribution is 0.416. The zero-order valence-electron chi connectivity index (χ0n) is 11.4. The summed E-state index contributed by atoms with van der Waals surface area (Å²) in [5.41, 5.74) is 2.04. The topological polar surface area (TPSA) is 49.9 Å². The summed E-state index contributed by atoms with van der Waals surface area (Å²) in [5.74, 6) is 2.40. The number of hydrogen-bond acceptors (Lipinski definition) is 3. The Morgan fingerprint density at radius 1 is 1.40 bits per heavy atom. The smallest absolute Gasteiger partial charge is 0.128 e. The van der Waals surface area contributed by atoms with E-state index < -0.39 is 0 Å². The first-order valence-electron chi connectivity index (χ1n) is 6.87. The van der Waals surface area contributed by atoms with Gasteiger partial charge in [0.1, 0.15) is 11.6 Å². The number of aromatic amines is 1. The molecule has 1 atom stereocenters. The van der Waals surface area contributed by atoms with E-state index in [2.05, 4.69) is 37.3 Å². The molecule has 4 nitrogen and oxygen atoms in total. The Morgan fingerprint density at radius 2 is 2.30 bits per heavy atom. The fraction of sp³-hybridized carbons (Fsp3) is 0.400. The molecule has 0 aliphatic carbocycles. The van der Waals surface area contributed by atoms with Gasteiger partial charge < -0.3 is 15.0 Å². The van der Waals surface area contributed by atoms with Crippen molar-refractivity contribution in [2.75, 3.05) is 20.2 Å². The number of methoxy groups -OCH3 is 1. The number of nitrogens with one attached hydrogen (secondary N) is 2. The zero-order valence-corrected chi connectivity index (χ0v) is 13.0. The quantitative estimate of drug-likeness (QED) is 0.904. The summed E-state index contributed by atoms with van der Waals surface area (Å²) >= 11 is 3.51. The van der Waals surface area contributed by atoms with Gasteiger partial charge in [0.15, 0.2) is 0 Å². The molecule has 5 heteroatoms. The van der Waals surface area contributed by atoms with E-state index >= 15 is 0 Å². The summed E-state index contributed by atoms with van der Waals surface area (Å²) in [5, 5.41) is 3.42. The van der Waals surface area contributed by atoms with Crippen LogP contribution in [0.3, 0.4) is 0 Å². The van der Waals surface area contributed by atoms with Crippen LogP contribution >= 0.6 is 15.9 Å². The zero-order chi connectivity index (χ0) is 13.9. The van der Waals surface area contributed by atoms with Crippen LogP contribution in [0.1, 0.15) is 24.6 Å². The van der Waals surface area contributed by atoms with Crippen LogP contribution in [0.25, 0.3) is 11.3 Å². The standard InChI is InChI=1S/C15H18BrN3O/c1-20-14-5-4-11(16)7-12(14)13-9-18-15(19-13)10-3-2-6-17-8-10/h4-5,7,9-10,17H,2-3,6,8H2,1H3,(H,18,19). The number of H-pyrrole nitrogens is 1. The average molecular weight is 336 g/mol. The Morgan fingerprint density at radius 3 is 3.05 bits per heavy atom. The second-order valence-corrected chi connectivity index (χ2v) is 5.99. The highest BCUT2D eigenvalue weighted by Crippen LogP contribution is 2.32. The summed E-state index contributed by atoms with van der Waals surface area (Å²) < 4.78 is 6.46. The lowest BCUT2D eigenvalue weighted by atomic mass is 9.99. The van der Waals surface area contributed by atoms with E-state index in [1.807, 2.05) is 18.3 Å². The van der Waals surface area contributed by atoms with E-state index in [1.165, 1.54) is 12.8 Å². The number of piperidine rings is 1. The third-order valence-corrected chi connectivity index (χ3v) is 4.22. The first kappa shape index (κ1) is 13.6. The van der Waals surface area contributed by atoms with Crippen molar-refractivity contribution >= 4 is 15.9 Å². The Balaban J connectivity index is 1.91. The van der Waals surface area contributed by atoms with Gasteiger partial charge in [-0.05, 0) is 37.6 Å². The molecule has 1 aromatic carbocycles. The molecule has 1 aromatic heterocycles. The van der Waals surface area contributed by atoms with Gasteiger partial charge in [0.05, 0.1) is 19.0 Å². The van der Waals surface area contributed by atoms with Gasteiger partial charge in [0.2, 0.25) is 0 Å². The number of nitrogens with zero attached hydrogens (tertiary/aromatic N) is 1. The van der Waals surface area contributed by atoms with E-state index in [0.29, 0.717) is 5.92 Å². The Kier molecular flexibility index (Phi) is 4.08. The van der Waals surface area contributed by atoms with Gasteiger partial charge in [0, 0.05) is 22.5 Å². The molecule has 2 N–H and O–H groups in total. The molecule has 2 aromatic rings. The Labute approximate surface area is 127 Å². The third-order valence-electron chi connectivity index (χ3n) is 3.73. The van der Waals surface area contributed by atoms with E-state index in [1.54, 1.807) is 7.11 Å². The summed E-state index contributed by atoms with van der Waals surface area (Å²) in [4.78, 5) is 8.00. The van der Waals surface area contributed by atoms with Gasteiger partial charge in [-0.1, -0.05) is 15.9 Å². The van der Waals surface area contributed by atoms with Crippen LogP contribution in [0.2, 0.25) is 0 Å². The minimum atomic E-state index is 0.482. The van der Waals surface area contributed by atoms with Crippen molar-refractivity contribution in [1.82, 2.24) is 15.3 Å². The summed E-state index contributed by atoms with van der Waals surface area (Å²) in [6.45, 7) is 2.12. The highest BCUT2D eigenvalue weighted by atomic mass is 79.9. The molecular weight excluding hydrogens is 318 g/mol. The van der Waals surface area contributed by atoms with Crippen LogP contribution in [-0.2, 0) is 0 Å². The first-order valence-corrected chi connectivity index (χ1v) is 7.67. The lowest BCUT2D eigenvalue weighted by Gasteiger charge is -2.20. The monoisotopic (exact) mass is 335 g/mol. The molecule has 1 aliphatic rings. The van der Waals surface area contributed by atoms with E-state index in [9.17, 15) is 0 Å². The van der Waals surface area contributed by atoms with Crippen molar-refractivity contribution in [2.24, 2.45) is 0 Å². The summed E-state index contributed by atoms with van der Waals surface area (Å²) in [6.07, 6.45) is 4.30. The lowest BCUT2D eigenvalue weighted by Crippen LogP contribution is -2.28. The molecule has 3 rings (SSSR count). The van der Waals surface area contributed by atoms with Crippen LogP contribution in [0, 0.1) is 0 Å². The minimum absolute atomic E-state index is 0.482. The molecule has 1 aliphatic heterocycles.